The summed E-state index contributed by atoms with van der Waals surface area (Å²) in [6, 6.07) is 10.3. The molecular formula is C28H32N6O3. The molecule has 5 rings (SSSR count). The van der Waals surface area contributed by atoms with E-state index in [2.05, 4.69) is 34.2 Å². The van der Waals surface area contributed by atoms with Gasteiger partial charge in [0.05, 0.1) is 18.0 Å². The Bertz CT molecular complexity index is 1270. The third-order valence-corrected chi connectivity index (χ3v) is 7.93. The number of nitrogens with zero attached hydrogens (tertiary/aromatic N) is 4. The molecule has 1 saturated heterocycles. The molecule has 1 aromatic heterocycles. The Hall–Kier alpha value is -3.82. The van der Waals surface area contributed by atoms with Crippen LogP contribution in [0.2, 0.25) is 0 Å². The summed E-state index contributed by atoms with van der Waals surface area (Å²) in [7, 11) is 0. The Morgan fingerprint density at radius 3 is 2.46 bits per heavy atom. The number of terminal acetylenes is 1. The van der Waals surface area contributed by atoms with Gasteiger partial charge in [-0.05, 0) is 69.7 Å². The van der Waals surface area contributed by atoms with Crippen LogP contribution in [0, 0.1) is 29.6 Å². The minimum atomic E-state index is -0.646. The number of nitrogens with one attached hydrogen (secondary N) is 1. The predicted octanol–water partition coefficient (Wildman–Crippen LogP) is 3.02. The van der Waals surface area contributed by atoms with Gasteiger partial charge in [-0.1, -0.05) is 5.92 Å². The second-order valence-corrected chi connectivity index (χ2v) is 10.9. The van der Waals surface area contributed by atoms with Crippen molar-refractivity contribution in [3.05, 3.63) is 41.6 Å². The summed E-state index contributed by atoms with van der Waals surface area (Å²) in [6.07, 6.45) is 12.3. The summed E-state index contributed by atoms with van der Waals surface area (Å²) < 4.78 is 7.96. The van der Waals surface area contributed by atoms with Crippen LogP contribution in [0.3, 0.4) is 0 Å². The molecule has 2 saturated carbocycles. The van der Waals surface area contributed by atoms with E-state index < -0.39 is 11.4 Å². The van der Waals surface area contributed by atoms with Crippen molar-refractivity contribution in [2.45, 2.75) is 69.1 Å². The molecule has 3 fully saturated rings. The van der Waals surface area contributed by atoms with Crippen LogP contribution in [0.5, 0.6) is 5.75 Å². The van der Waals surface area contributed by atoms with Crippen molar-refractivity contribution in [1.29, 1.82) is 5.26 Å². The highest BCUT2D eigenvalue weighted by Gasteiger charge is 2.47. The molecule has 37 heavy (non-hydrogen) atoms. The first kappa shape index (κ1) is 24.9. The Kier molecular flexibility index (Phi) is 6.43. The summed E-state index contributed by atoms with van der Waals surface area (Å²) in [5, 5.41) is 17.0. The molecule has 1 aromatic carbocycles. The lowest BCUT2D eigenvalue weighted by Gasteiger charge is -2.53. The highest BCUT2D eigenvalue weighted by atomic mass is 16.5. The van der Waals surface area contributed by atoms with Crippen LogP contribution in [-0.4, -0.2) is 51.2 Å². The number of amides is 2. The van der Waals surface area contributed by atoms with Gasteiger partial charge in [-0.25, -0.2) is 0 Å². The van der Waals surface area contributed by atoms with E-state index in [9.17, 15) is 14.9 Å². The molecule has 9 nitrogen and oxygen atoms in total. The number of nitriles is 1. The number of primary amides is 1. The lowest BCUT2D eigenvalue weighted by atomic mass is 9.76. The minimum absolute atomic E-state index is 0.0251. The van der Waals surface area contributed by atoms with Crippen LogP contribution in [0.25, 0.3) is 0 Å². The standard InChI is InChI=1S/C28H32N6O3/c1-3-19-4-8-22(9-5-19)37-27(2)17-33(18-27)21-10-12-28(13-11-21,14-15-29)34-16-23(24(30)35)25(32-34)31-26(36)20-6-7-20/h1,4-5,8-9,16,20-21H,6-7,10-14,17-18H2,2H3,(H2,30,35)(H,31,32,36)/t21-,28-. The number of aromatic nitrogens is 2. The number of benzene rings is 1. The third kappa shape index (κ3) is 5.05. The van der Waals surface area contributed by atoms with Gasteiger partial charge in [0.25, 0.3) is 5.91 Å². The molecule has 2 heterocycles. The van der Waals surface area contributed by atoms with E-state index in [1.807, 2.05) is 24.3 Å². The van der Waals surface area contributed by atoms with Gasteiger partial charge < -0.3 is 15.8 Å². The number of hydrogen-bond acceptors (Lipinski definition) is 6. The van der Waals surface area contributed by atoms with Crippen molar-refractivity contribution in [1.82, 2.24) is 14.7 Å². The molecule has 3 N–H and O–H groups in total. The first-order valence-corrected chi connectivity index (χ1v) is 12.8. The van der Waals surface area contributed by atoms with Gasteiger partial charge in [0, 0.05) is 36.8 Å². The van der Waals surface area contributed by atoms with Gasteiger partial charge in [-0.3, -0.25) is 19.2 Å². The zero-order chi connectivity index (χ0) is 26.2. The lowest BCUT2D eigenvalue weighted by Crippen LogP contribution is -2.66. The van der Waals surface area contributed by atoms with E-state index in [1.165, 1.54) is 0 Å². The minimum Gasteiger partial charge on any atom is -0.485 e. The maximum Gasteiger partial charge on any atom is 0.254 e. The second-order valence-electron chi connectivity index (χ2n) is 10.9. The molecule has 1 aliphatic heterocycles. The number of carbonyl (C=O) groups is 2. The zero-order valence-electron chi connectivity index (χ0n) is 21.1. The van der Waals surface area contributed by atoms with E-state index in [1.54, 1.807) is 10.9 Å². The topological polar surface area (TPSA) is 126 Å². The first-order chi connectivity index (χ1) is 17.7. The fraction of sp³-hybridized carbons (Fsp3) is 0.500. The predicted molar refractivity (Wildman–Crippen MR) is 138 cm³/mol. The largest absolute Gasteiger partial charge is 0.485 e. The third-order valence-electron chi connectivity index (χ3n) is 7.93. The highest BCUT2D eigenvalue weighted by molar-refractivity contribution is 6.02. The number of ether oxygens (including phenoxy) is 1. The molecule has 2 amide bonds. The van der Waals surface area contributed by atoms with Gasteiger partial charge >= 0.3 is 0 Å². The van der Waals surface area contributed by atoms with E-state index in [0.29, 0.717) is 6.04 Å². The maximum absolute atomic E-state index is 12.3. The average molecular weight is 501 g/mol. The zero-order valence-corrected chi connectivity index (χ0v) is 21.1. The van der Waals surface area contributed by atoms with Gasteiger partial charge in [-0.2, -0.15) is 10.4 Å². The average Bonchev–Trinajstić information content (AvgIpc) is 3.63. The number of nitrogens with two attached hydrogens (primary N) is 1. The fourth-order valence-electron chi connectivity index (χ4n) is 5.63. The maximum atomic E-state index is 12.3. The smallest absolute Gasteiger partial charge is 0.254 e. The number of rotatable bonds is 8. The van der Waals surface area contributed by atoms with Crippen LogP contribution < -0.4 is 15.8 Å². The fourth-order valence-corrected chi connectivity index (χ4v) is 5.63. The van der Waals surface area contributed by atoms with Gasteiger partial charge in [0.15, 0.2) is 5.82 Å². The van der Waals surface area contributed by atoms with Crippen LogP contribution in [-0.2, 0) is 10.3 Å². The summed E-state index contributed by atoms with van der Waals surface area (Å²) >= 11 is 0. The van der Waals surface area contributed by atoms with Crippen molar-refractivity contribution in [3.8, 4) is 24.2 Å². The Labute approximate surface area is 216 Å². The first-order valence-electron chi connectivity index (χ1n) is 12.8. The Morgan fingerprint density at radius 2 is 1.89 bits per heavy atom. The number of hydrogen-bond donors (Lipinski definition) is 2. The monoisotopic (exact) mass is 500 g/mol. The molecule has 0 bridgehead atoms. The van der Waals surface area contributed by atoms with E-state index in [0.717, 1.165) is 62.9 Å². The van der Waals surface area contributed by atoms with E-state index in [-0.39, 0.29) is 35.2 Å². The number of anilines is 1. The molecule has 0 unspecified atom stereocenters. The molecule has 0 radical (unpaired) electrons. The quantitative estimate of drug-likeness (QED) is 0.537. The van der Waals surface area contributed by atoms with Crippen LogP contribution >= 0.6 is 0 Å². The normalized spacial score (nSPS) is 24.8. The lowest BCUT2D eigenvalue weighted by molar-refractivity contribution is -0.117. The summed E-state index contributed by atoms with van der Waals surface area (Å²) in [4.78, 5) is 26.8. The molecule has 3 aliphatic rings. The van der Waals surface area contributed by atoms with Crippen molar-refractivity contribution >= 4 is 17.6 Å². The molecule has 9 heteroatoms. The SMILES string of the molecule is C#Cc1ccc(OC2(C)CN([C@H]3CC[C@](CC#N)(n4cc(C(N)=O)c(NC(=O)C5CC5)n4)CC3)C2)cc1. The Balaban J connectivity index is 1.23. The van der Waals surface area contributed by atoms with Crippen molar-refractivity contribution in [2.75, 3.05) is 18.4 Å². The van der Waals surface area contributed by atoms with Crippen LogP contribution in [0.4, 0.5) is 5.82 Å². The van der Waals surface area contributed by atoms with E-state index >= 15 is 0 Å². The molecule has 2 aliphatic carbocycles. The van der Waals surface area contributed by atoms with Crippen LogP contribution in [0.1, 0.15) is 67.8 Å². The van der Waals surface area contributed by atoms with Crippen molar-refractivity contribution < 1.29 is 14.3 Å². The van der Waals surface area contributed by atoms with Gasteiger partial charge in [-0.15, -0.1) is 6.42 Å². The summed E-state index contributed by atoms with van der Waals surface area (Å²) in [5.74, 6) is 2.81. The highest BCUT2D eigenvalue weighted by Crippen LogP contribution is 2.42. The summed E-state index contributed by atoms with van der Waals surface area (Å²) in [5.41, 5.74) is 5.80. The second kappa shape index (κ2) is 9.57. The van der Waals surface area contributed by atoms with Gasteiger partial charge in [0.1, 0.15) is 16.9 Å². The molecule has 192 valence electrons. The van der Waals surface area contributed by atoms with Crippen LogP contribution in [0.15, 0.2) is 30.5 Å². The molecule has 2 aromatic rings. The Morgan fingerprint density at radius 1 is 1.22 bits per heavy atom. The molecular weight excluding hydrogens is 468 g/mol. The van der Waals surface area contributed by atoms with E-state index in [4.69, 9.17) is 16.9 Å². The van der Waals surface area contributed by atoms with Gasteiger partial charge in [0.2, 0.25) is 5.91 Å². The van der Waals surface area contributed by atoms with Crippen molar-refractivity contribution in [2.24, 2.45) is 11.7 Å². The molecule has 0 spiro atoms. The van der Waals surface area contributed by atoms with Crippen molar-refractivity contribution in [3.63, 3.8) is 0 Å². The number of likely N-dealkylation sites (tertiary alicyclic amines) is 1. The molecule has 0 atom stereocenters. The number of carbonyl (C=O) groups excluding carboxylic acids is 2. The summed E-state index contributed by atoms with van der Waals surface area (Å²) in [6.45, 7) is 3.77.